The summed E-state index contributed by atoms with van der Waals surface area (Å²) in [6.45, 7) is 7.00. The largest absolute Gasteiger partial charge is 0.459 e. The fourth-order valence-electron chi connectivity index (χ4n) is 0.942. The number of esters is 1. The number of ether oxygens (including phenoxy) is 1. The van der Waals surface area contributed by atoms with E-state index in [9.17, 15) is 9.59 Å². The third-order valence-electron chi connectivity index (χ3n) is 1.45. The van der Waals surface area contributed by atoms with Crippen molar-refractivity contribution < 1.29 is 14.3 Å². The molecule has 0 atom stereocenters. The van der Waals surface area contributed by atoms with Crippen molar-refractivity contribution in [3.63, 3.8) is 0 Å². The molecule has 0 rings (SSSR count). The number of carbonyl (C=O) groups is 2. The second-order valence-electron chi connectivity index (χ2n) is 4.19. The molecule has 0 radical (unpaired) electrons. The number of hydrogen-bond donors (Lipinski definition) is 2. The van der Waals surface area contributed by atoms with E-state index in [1.54, 1.807) is 0 Å². The van der Waals surface area contributed by atoms with Crippen LogP contribution in [0.25, 0.3) is 0 Å². The predicted molar refractivity (Wildman–Crippen MR) is 57.4 cm³/mol. The van der Waals surface area contributed by atoms with Gasteiger partial charge in [0.2, 0.25) is 6.41 Å². The van der Waals surface area contributed by atoms with Gasteiger partial charge in [-0.3, -0.25) is 9.59 Å². The van der Waals surface area contributed by atoms with Crippen molar-refractivity contribution in [3.05, 3.63) is 0 Å². The van der Waals surface area contributed by atoms with Gasteiger partial charge in [-0.05, 0) is 33.7 Å². The van der Waals surface area contributed by atoms with E-state index < -0.39 is 5.60 Å². The molecule has 0 aromatic carbocycles. The van der Waals surface area contributed by atoms with Gasteiger partial charge in [0.25, 0.3) is 0 Å². The summed E-state index contributed by atoms with van der Waals surface area (Å²) in [4.78, 5) is 21.1. The van der Waals surface area contributed by atoms with Crippen LogP contribution in [0.2, 0.25) is 0 Å². The van der Waals surface area contributed by atoms with Crippen LogP contribution in [0.5, 0.6) is 0 Å². The lowest BCUT2D eigenvalue weighted by atomic mass is 10.2. The molecule has 0 bridgehead atoms. The van der Waals surface area contributed by atoms with Gasteiger partial charge in [-0.25, -0.2) is 0 Å². The second kappa shape index (κ2) is 7.23. The van der Waals surface area contributed by atoms with E-state index in [1.165, 1.54) is 0 Å². The maximum Gasteiger partial charge on any atom is 0.320 e. The molecule has 15 heavy (non-hydrogen) atoms. The Morgan fingerprint density at radius 3 is 2.53 bits per heavy atom. The van der Waals surface area contributed by atoms with Crippen LogP contribution in [0.4, 0.5) is 0 Å². The lowest BCUT2D eigenvalue weighted by molar-refractivity contribution is -0.153. The maximum atomic E-state index is 11.2. The Morgan fingerprint density at radius 1 is 1.33 bits per heavy atom. The molecule has 0 aliphatic rings. The van der Waals surface area contributed by atoms with Gasteiger partial charge in [0.1, 0.15) is 5.60 Å². The molecule has 0 heterocycles. The van der Waals surface area contributed by atoms with Gasteiger partial charge in [-0.15, -0.1) is 0 Å². The smallest absolute Gasteiger partial charge is 0.320 e. The van der Waals surface area contributed by atoms with Crippen LogP contribution in [0.15, 0.2) is 0 Å². The topological polar surface area (TPSA) is 67.4 Å². The van der Waals surface area contributed by atoms with E-state index in [0.717, 1.165) is 6.42 Å². The Balaban J connectivity index is 3.36. The summed E-state index contributed by atoms with van der Waals surface area (Å²) in [6, 6.07) is 0. The minimum Gasteiger partial charge on any atom is -0.459 e. The van der Waals surface area contributed by atoms with Crippen LogP contribution in [-0.4, -0.2) is 37.6 Å². The average molecular weight is 216 g/mol. The highest BCUT2D eigenvalue weighted by atomic mass is 16.6. The summed E-state index contributed by atoms with van der Waals surface area (Å²) >= 11 is 0. The molecule has 88 valence electrons. The molecule has 1 amide bonds. The minimum atomic E-state index is -0.433. The molecule has 0 fully saturated rings. The van der Waals surface area contributed by atoms with Crippen molar-refractivity contribution >= 4 is 12.4 Å². The van der Waals surface area contributed by atoms with Gasteiger partial charge in [0, 0.05) is 6.54 Å². The number of carbonyl (C=O) groups excluding carboxylic acids is 2. The molecular formula is C10H20N2O3. The molecule has 0 aliphatic carbocycles. The Kier molecular flexibility index (Phi) is 6.70. The standard InChI is InChI=1S/C10H20N2O3/c1-10(2,3)15-9(14)7-11-5-4-6-12-8-13/h8,11H,4-7H2,1-3H3,(H,12,13). The zero-order chi connectivity index (χ0) is 11.7. The summed E-state index contributed by atoms with van der Waals surface area (Å²) in [5.41, 5.74) is -0.433. The Hall–Kier alpha value is -1.10. The maximum absolute atomic E-state index is 11.2. The van der Waals surface area contributed by atoms with E-state index in [2.05, 4.69) is 10.6 Å². The number of amides is 1. The van der Waals surface area contributed by atoms with Crippen molar-refractivity contribution in [3.8, 4) is 0 Å². The molecule has 5 nitrogen and oxygen atoms in total. The van der Waals surface area contributed by atoms with E-state index >= 15 is 0 Å². The van der Waals surface area contributed by atoms with Crippen LogP contribution < -0.4 is 10.6 Å². The Bertz CT molecular complexity index is 199. The molecule has 0 saturated carbocycles. The van der Waals surface area contributed by atoms with E-state index in [4.69, 9.17) is 4.74 Å². The van der Waals surface area contributed by atoms with Crippen LogP contribution in [0.1, 0.15) is 27.2 Å². The first kappa shape index (κ1) is 13.9. The van der Waals surface area contributed by atoms with Gasteiger partial charge in [0.05, 0.1) is 6.54 Å². The third kappa shape index (κ3) is 10.8. The van der Waals surface area contributed by atoms with Crippen LogP contribution in [0, 0.1) is 0 Å². The van der Waals surface area contributed by atoms with E-state index in [-0.39, 0.29) is 12.5 Å². The highest BCUT2D eigenvalue weighted by Gasteiger charge is 2.15. The Morgan fingerprint density at radius 2 is 2.00 bits per heavy atom. The molecule has 0 spiro atoms. The fourth-order valence-corrected chi connectivity index (χ4v) is 0.942. The SMILES string of the molecule is CC(C)(C)OC(=O)CNCCCNC=O. The summed E-state index contributed by atoms with van der Waals surface area (Å²) in [7, 11) is 0. The average Bonchev–Trinajstić information content (AvgIpc) is 2.08. The van der Waals surface area contributed by atoms with Crippen molar-refractivity contribution in [1.29, 1.82) is 0 Å². The monoisotopic (exact) mass is 216 g/mol. The molecule has 0 aromatic rings. The summed E-state index contributed by atoms with van der Waals surface area (Å²) < 4.78 is 5.09. The fraction of sp³-hybridized carbons (Fsp3) is 0.800. The second-order valence-corrected chi connectivity index (χ2v) is 4.19. The molecule has 0 saturated heterocycles. The van der Waals surface area contributed by atoms with Crippen LogP contribution >= 0.6 is 0 Å². The molecule has 0 aromatic heterocycles. The first-order chi connectivity index (χ1) is 6.95. The molecule has 0 unspecified atom stereocenters. The normalized spacial score (nSPS) is 10.9. The van der Waals surface area contributed by atoms with Crippen molar-refractivity contribution in [2.45, 2.75) is 32.8 Å². The number of hydrogen-bond acceptors (Lipinski definition) is 4. The lowest BCUT2D eigenvalue weighted by Crippen LogP contribution is -2.32. The van der Waals surface area contributed by atoms with Gasteiger partial charge in [-0.2, -0.15) is 0 Å². The zero-order valence-electron chi connectivity index (χ0n) is 9.63. The number of rotatable bonds is 7. The van der Waals surface area contributed by atoms with E-state index in [0.29, 0.717) is 19.5 Å². The highest BCUT2D eigenvalue weighted by Crippen LogP contribution is 2.05. The van der Waals surface area contributed by atoms with Crippen LogP contribution in [0.3, 0.4) is 0 Å². The van der Waals surface area contributed by atoms with Gasteiger partial charge < -0.3 is 15.4 Å². The summed E-state index contributed by atoms with van der Waals surface area (Å²) in [5.74, 6) is -0.258. The van der Waals surface area contributed by atoms with Gasteiger partial charge in [-0.1, -0.05) is 0 Å². The highest BCUT2D eigenvalue weighted by molar-refractivity contribution is 5.72. The summed E-state index contributed by atoms with van der Waals surface area (Å²) in [6.07, 6.45) is 1.45. The predicted octanol–water partition coefficient (Wildman–Crippen LogP) is 0.0538. The van der Waals surface area contributed by atoms with Crippen molar-refractivity contribution in [2.24, 2.45) is 0 Å². The van der Waals surface area contributed by atoms with Gasteiger partial charge >= 0.3 is 5.97 Å². The zero-order valence-corrected chi connectivity index (χ0v) is 9.63. The number of nitrogens with one attached hydrogen (secondary N) is 2. The molecule has 0 aliphatic heterocycles. The van der Waals surface area contributed by atoms with E-state index in [1.807, 2.05) is 20.8 Å². The van der Waals surface area contributed by atoms with Crippen molar-refractivity contribution in [2.75, 3.05) is 19.6 Å². The van der Waals surface area contributed by atoms with Crippen LogP contribution in [-0.2, 0) is 14.3 Å². The third-order valence-corrected chi connectivity index (χ3v) is 1.45. The lowest BCUT2D eigenvalue weighted by Gasteiger charge is -2.19. The minimum absolute atomic E-state index is 0.207. The molecule has 2 N–H and O–H groups in total. The molecule has 5 heteroatoms. The van der Waals surface area contributed by atoms with Gasteiger partial charge in [0.15, 0.2) is 0 Å². The molecular weight excluding hydrogens is 196 g/mol. The Labute approximate surface area is 90.6 Å². The first-order valence-electron chi connectivity index (χ1n) is 5.05. The quantitative estimate of drug-likeness (QED) is 0.358. The van der Waals surface area contributed by atoms with Crippen molar-refractivity contribution in [1.82, 2.24) is 10.6 Å². The summed E-state index contributed by atoms with van der Waals surface area (Å²) in [5, 5.41) is 5.47. The first-order valence-corrected chi connectivity index (χ1v) is 5.05.